The molecule has 0 aromatic carbocycles. The van der Waals surface area contributed by atoms with E-state index in [4.69, 9.17) is 14.0 Å². The first-order valence-corrected chi connectivity index (χ1v) is 4.92. The van der Waals surface area contributed by atoms with E-state index in [-0.39, 0.29) is 18.3 Å². The molecule has 1 unspecified atom stereocenters. The van der Waals surface area contributed by atoms with Gasteiger partial charge >= 0.3 is 7.12 Å². The Kier molecular flexibility index (Phi) is 3.40. The first-order valence-electron chi connectivity index (χ1n) is 4.92. The number of rotatable bonds is 3. The minimum absolute atomic E-state index is 0.254. The van der Waals surface area contributed by atoms with Crippen LogP contribution in [0.15, 0.2) is 12.1 Å². The molecule has 0 spiro atoms. The van der Waals surface area contributed by atoms with E-state index in [2.05, 4.69) is 0 Å². The van der Waals surface area contributed by atoms with E-state index < -0.39 is 0 Å². The van der Waals surface area contributed by atoms with Gasteiger partial charge in [0, 0.05) is 7.11 Å². The molecular weight excluding hydrogens is 179 g/mol. The van der Waals surface area contributed by atoms with Gasteiger partial charge < -0.3 is 14.0 Å². The zero-order valence-electron chi connectivity index (χ0n) is 9.66. The average molecular weight is 198 g/mol. The fourth-order valence-electron chi connectivity index (χ4n) is 1.56. The standard InChI is InChI=1S/C10H19BO3/c1-6-7-11-13-9(2,3)10(4,14-11)8-12-5/h6-7H,8H2,1-5H3. The van der Waals surface area contributed by atoms with Crippen molar-refractivity contribution in [3.05, 3.63) is 12.1 Å². The minimum atomic E-state index is -0.383. The summed E-state index contributed by atoms with van der Waals surface area (Å²) in [7, 11) is 1.42. The number of allylic oxidation sites excluding steroid dienone is 1. The lowest BCUT2D eigenvalue weighted by atomic mass is 9.89. The van der Waals surface area contributed by atoms with Crippen LogP contribution < -0.4 is 0 Å². The predicted molar refractivity (Wildman–Crippen MR) is 57.1 cm³/mol. The highest BCUT2D eigenvalue weighted by Gasteiger charge is 2.53. The third-order valence-corrected chi connectivity index (χ3v) is 2.83. The molecule has 1 saturated heterocycles. The van der Waals surface area contributed by atoms with Gasteiger partial charge in [-0.05, 0) is 27.7 Å². The van der Waals surface area contributed by atoms with E-state index in [1.165, 1.54) is 0 Å². The van der Waals surface area contributed by atoms with Crippen LogP contribution in [0.5, 0.6) is 0 Å². The Bertz CT molecular complexity index is 227. The molecule has 0 aromatic rings. The molecule has 0 saturated carbocycles. The third kappa shape index (κ3) is 2.02. The highest BCUT2D eigenvalue weighted by molar-refractivity contribution is 6.51. The molecule has 1 aliphatic heterocycles. The molecule has 0 amide bonds. The van der Waals surface area contributed by atoms with Gasteiger partial charge in [-0.1, -0.05) is 12.1 Å². The summed E-state index contributed by atoms with van der Waals surface area (Å²) in [5.41, 5.74) is -0.709. The molecule has 0 aliphatic carbocycles. The molecule has 1 aliphatic rings. The van der Waals surface area contributed by atoms with Crippen molar-refractivity contribution in [2.45, 2.75) is 38.9 Å². The molecule has 0 bridgehead atoms. The quantitative estimate of drug-likeness (QED) is 0.647. The van der Waals surface area contributed by atoms with Crippen molar-refractivity contribution in [2.75, 3.05) is 13.7 Å². The molecule has 14 heavy (non-hydrogen) atoms. The Morgan fingerprint density at radius 2 is 1.93 bits per heavy atom. The normalized spacial score (nSPS) is 31.6. The lowest BCUT2D eigenvalue weighted by Gasteiger charge is -2.35. The van der Waals surface area contributed by atoms with Gasteiger partial charge in [-0.15, -0.1) is 0 Å². The molecule has 0 N–H and O–H groups in total. The Hall–Kier alpha value is -0.315. The van der Waals surface area contributed by atoms with Gasteiger partial charge in [0.15, 0.2) is 0 Å². The molecule has 1 atom stereocenters. The summed E-state index contributed by atoms with van der Waals surface area (Å²) in [5, 5.41) is 0. The molecule has 1 heterocycles. The van der Waals surface area contributed by atoms with Crippen LogP contribution in [0.25, 0.3) is 0 Å². The first-order chi connectivity index (χ1) is 6.45. The van der Waals surface area contributed by atoms with Gasteiger partial charge in [-0.2, -0.15) is 0 Å². The van der Waals surface area contributed by atoms with Crippen LogP contribution in [0.1, 0.15) is 27.7 Å². The lowest BCUT2D eigenvalue weighted by Crippen LogP contribution is -2.48. The van der Waals surface area contributed by atoms with Crippen molar-refractivity contribution < 1.29 is 14.0 Å². The van der Waals surface area contributed by atoms with Crippen molar-refractivity contribution in [2.24, 2.45) is 0 Å². The Balaban J connectivity index is 2.77. The van der Waals surface area contributed by atoms with Gasteiger partial charge in [0.05, 0.1) is 12.2 Å². The van der Waals surface area contributed by atoms with Crippen molar-refractivity contribution >= 4 is 7.12 Å². The Morgan fingerprint density at radius 3 is 2.43 bits per heavy atom. The van der Waals surface area contributed by atoms with Gasteiger partial charge in [-0.3, -0.25) is 0 Å². The molecule has 1 rings (SSSR count). The van der Waals surface area contributed by atoms with E-state index in [1.54, 1.807) is 7.11 Å². The number of ether oxygens (including phenoxy) is 1. The van der Waals surface area contributed by atoms with Crippen molar-refractivity contribution in [1.29, 1.82) is 0 Å². The molecule has 0 aromatic heterocycles. The van der Waals surface area contributed by atoms with E-state index in [0.717, 1.165) is 0 Å². The van der Waals surface area contributed by atoms with Crippen LogP contribution in [-0.4, -0.2) is 32.0 Å². The molecular formula is C10H19BO3. The van der Waals surface area contributed by atoms with Crippen molar-refractivity contribution in [1.82, 2.24) is 0 Å². The smallest absolute Gasteiger partial charge is 0.400 e. The van der Waals surface area contributed by atoms with Gasteiger partial charge in [-0.25, -0.2) is 0 Å². The summed E-state index contributed by atoms with van der Waals surface area (Å²) >= 11 is 0. The van der Waals surface area contributed by atoms with Crippen LogP contribution in [0, 0.1) is 0 Å². The molecule has 3 nitrogen and oxygen atoms in total. The largest absolute Gasteiger partial charge is 0.486 e. The SMILES string of the molecule is CC=CB1OC(C)(C)C(C)(COC)O1. The lowest BCUT2D eigenvalue weighted by molar-refractivity contribution is -0.0594. The topological polar surface area (TPSA) is 27.7 Å². The number of methoxy groups -OCH3 is 1. The Morgan fingerprint density at radius 1 is 1.29 bits per heavy atom. The van der Waals surface area contributed by atoms with Gasteiger partial charge in [0.25, 0.3) is 0 Å². The second-order valence-corrected chi connectivity index (χ2v) is 4.30. The molecule has 80 valence electrons. The van der Waals surface area contributed by atoms with Gasteiger partial charge in [0.1, 0.15) is 5.60 Å². The number of hydrogen-bond acceptors (Lipinski definition) is 3. The highest BCUT2D eigenvalue weighted by Crippen LogP contribution is 2.37. The molecule has 0 radical (unpaired) electrons. The second-order valence-electron chi connectivity index (χ2n) is 4.30. The van der Waals surface area contributed by atoms with E-state index in [1.807, 2.05) is 39.7 Å². The maximum atomic E-state index is 5.81. The van der Waals surface area contributed by atoms with Gasteiger partial charge in [0.2, 0.25) is 0 Å². The zero-order chi connectivity index (χ0) is 10.8. The zero-order valence-corrected chi connectivity index (χ0v) is 9.66. The fraction of sp³-hybridized carbons (Fsp3) is 0.800. The summed E-state index contributed by atoms with van der Waals surface area (Å²) in [4.78, 5) is 0. The maximum Gasteiger partial charge on any atom is 0.486 e. The maximum absolute atomic E-state index is 5.81. The minimum Gasteiger partial charge on any atom is -0.400 e. The predicted octanol–water partition coefficient (Wildman–Crippen LogP) is 1.82. The van der Waals surface area contributed by atoms with Crippen LogP contribution in [-0.2, 0) is 14.0 Å². The highest BCUT2D eigenvalue weighted by atomic mass is 16.7. The first kappa shape index (κ1) is 11.8. The second kappa shape index (κ2) is 4.05. The summed E-state index contributed by atoms with van der Waals surface area (Å²) in [5.74, 6) is 1.91. The van der Waals surface area contributed by atoms with Crippen LogP contribution in [0.3, 0.4) is 0 Å². The molecule has 4 heteroatoms. The van der Waals surface area contributed by atoms with E-state index >= 15 is 0 Å². The molecule has 1 fully saturated rings. The Labute approximate surface area is 86.6 Å². The van der Waals surface area contributed by atoms with E-state index in [0.29, 0.717) is 6.61 Å². The fourth-order valence-corrected chi connectivity index (χ4v) is 1.56. The number of hydrogen-bond donors (Lipinski definition) is 0. The monoisotopic (exact) mass is 198 g/mol. The van der Waals surface area contributed by atoms with Crippen LogP contribution in [0.4, 0.5) is 0 Å². The van der Waals surface area contributed by atoms with Crippen molar-refractivity contribution in [3.63, 3.8) is 0 Å². The summed E-state index contributed by atoms with van der Waals surface area (Å²) in [6.45, 7) is 8.55. The van der Waals surface area contributed by atoms with Crippen molar-refractivity contribution in [3.8, 4) is 0 Å². The third-order valence-electron chi connectivity index (χ3n) is 2.83. The van der Waals surface area contributed by atoms with Crippen LogP contribution in [0.2, 0.25) is 0 Å². The van der Waals surface area contributed by atoms with Crippen LogP contribution >= 0.6 is 0 Å². The van der Waals surface area contributed by atoms with E-state index in [9.17, 15) is 0 Å². The summed E-state index contributed by atoms with van der Waals surface area (Å²) in [6.07, 6.45) is 1.93. The average Bonchev–Trinajstić information content (AvgIpc) is 2.23. The summed E-state index contributed by atoms with van der Waals surface area (Å²) in [6, 6.07) is 0. The summed E-state index contributed by atoms with van der Waals surface area (Å²) < 4.78 is 16.7.